The number of rotatable bonds is 7. The van der Waals surface area contributed by atoms with E-state index in [1.807, 2.05) is 0 Å². The van der Waals surface area contributed by atoms with Crippen LogP contribution >= 0.6 is 0 Å². The molecular weight excluding hydrogens is 210 g/mol. The maximum atomic E-state index is 4.58. The Labute approximate surface area is 105 Å². The zero-order chi connectivity index (χ0) is 12.7. The van der Waals surface area contributed by atoms with E-state index >= 15 is 0 Å². The number of hydrogen-bond acceptors (Lipinski definition) is 3. The third-order valence-corrected chi connectivity index (χ3v) is 2.71. The van der Waals surface area contributed by atoms with E-state index in [4.69, 9.17) is 0 Å². The molecule has 0 aliphatic rings. The normalized spacial score (nSPS) is 10.6. The number of anilines is 1. The number of aryl methyl sites for hydroxylation is 1. The zero-order valence-electron chi connectivity index (χ0n) is 11.6. The van der Waals surface area contributed by atoms with Crippen molar-refractivity contribution in [2.75, 3.05) is 25.0 Å². The van der Waals surface area contributed by atoms with Crippen LogP contribution in [-0.4, -0.2) is 25.1 Å². The predicted octanol–water partition coefficient (Wildman–Crippen LogP) is 2.74. The Bertz CT molecular complexity index is 336. The van der Waals surface area contributed by atoms with Crippen LogP contribution in [0.25, 0.3) is 0 Å². The Morgan fingerprint density at radius 1 is 1.24 bits per heavy atom. The first-order chi connectivity index (χ1) is 8.17. The van der Waals surface area contributed by atoms with E-state index in [0.717, 1.165) is 37.6 Å². The Hall–Kier alpha value is -1.09. The SMILES string of the molecule is CCCNCc1cc(C)nc(N(C)CCC)c1. The van der Waals surface area contributed by atoms with Gasteiger partial charge in [0.05, 0.1) is 0 Å². The van der Waals surface area contributed by atoms with Gasteiger partial charge in [0.15, 0.2) is 0 Å². The van der Waals surface area contributed by atoms with Gasteiger partial charge >= 0.3 is 0 Å². The van der Waals surface area contributed by atoms with Gasteiger partial charge in [0, 0.05) is 25.8 Å². The second-order valence-electron chi connectivity index (χ2n) is 4.57. The molecule has 0 bridgehead atoms. The summed E-state index contributed by atoms with van der Waals surface area (Å²) in [6.45, 7) is 9.50. The van der Waals surface area contributed by atoms with E-state index in [1.165, 1.54) is 12.0 Å². The van der Waals surface area contributed by atoms with Crippen molar-refractivity contribution < 1.29 is 0 Å². The van der Waals surface area contributed by atoms with E-state index in [1.54, 1.807) is 0 Å². The summed E-state index contributed by atoms with van der Waals surface area (Å²) in [5.41, 5.74) is 2.42. The zero-order valence-corrected chi connectivity index (χ0v) is 11.6. The van der Waals surface area contributed by atoms with Crippen LogP contribution in [0.15, 0.2) is 12.1 Å². The summed E-state index contributed by atoms with van der Waals surface area (Å²) in [5, 5.41) is 3.43. The van der Waals surface area contributed by atoms with E-state index in [0.29, 0.717) is 0 Å². The first kappa shape index (κ1) is 14.0. The number of nitrogens with one attached hydrogen (secondary N) is 1. The van der Waals surface area contributed by atoms with Crippen molar-refractivity contribution in [3.8, 4) is 0 Å². The van der Waals surface area contributed by atoms with Crippen LogP contribution in [0.4, 0.5) is 5.82 Å². The molecule has 0 amide bonds. The summed E-state index contributed by atoms with van der Waals surface area (Å²) in [6.07, 6.45) is 2.32. The molecule has 1 N–H and O–H groups in total. The standard InChI is InChI=1S/C14H25N3/c1-5-7-15-11-13-9-12(3)16-14(10-13)17(4)8-6-2/h9-10,15H,5-8,11H2,1-4H3. The molecular formula is C14H25N3. The molecule has 0 aliphatic carbocycles. The fourth-order valence-corrected chi connectivity index (χ4v) is 1.88. The molecule has 0 saturated carbocycles. The number of pyridine rings is 1. The molecule has 0 spiro atoms. The molecule has 3 nitrogen and oxygen atoms in total. The molecule has 0 atom stereocenters. The van der Waals surface area contributed by atoms with E-state index in [2.05, 4.69) is 55.2 Å². The molecule has 1 heterocycles. The number of hydrogen-bond donors (Lipinski definition) is 1. The highest BCUT2D eigenvalue weighted by molar-refractivity contribution is 5.41. The lowest BCUT2D eigenvalue weighted by Gasteiger charge is -2.18. The first-order valence-corrected chi connectivity index (χ1v) is 6.56. The molecule has 17 heavy (non-hydrogen) atoms. The summed E-state index contributed by atoms with van der Waals surface area (Å²) in [5.74, 6) is 1.08. The second kappa shape index (κ2) is 7.28. The molecule has 1 rings (SSSR count). The van der Waals surface area contributed by atoms with Crippen LogP contribution in [0.5, 0.6) is 0 Å². The second-order valence-corrected chi connectivity index (χ2v) is 4.57. The third-order valence-electron chi connectivity index (χ3n) is 2.71. The van der Waals surface area contributed by atoms with Gasteiger partial charge in [-0.05, 0) is 44.0 Å². The highest BCUT2D eigenvalue weighted by atomic mass is 15.2. The Kier molecular flexibility index (Phi) is 5.98. The van der Waals surface area contributed by atoms with Gasteiger partial charge in [-0.1, -0.05) is 13.8 Å². The minimum atomic E-state index is 0.935. The molecule has 0 aliphatic heterocycles. The topological polar surface area (TPSA) is 28.2 Å². The largest absolute Gasteiger partial charge is 0.360 e. The summed E-state index contributed by atoms with van der Waals surface area (Å²) < 4.78 is 0. The van der Waals surface area contributed by atoms with Gasteiger partial charge in [-0.15, -0.1) is 0 Å². The van der Waals surface area contributed by atoms with Gasteiger partial charge < -0.3 is 10.2 Å². The molecule has 0 unspecified atom stereocenters. The third kappa shape index (κ3) is 4.73. The van der Waals surface area contributed by atoms with Crippen molar-refractivity contribution >= 4 is 5.82 Å². The van der Waals surface area contributed by atoms with Crippen LogP contribution in [0.2, 0.25) is 0 Å². The maximum absolute atomic E-state index is 4.58. The van der Waals surface area contributed by atoms with E-state index in [-0.39, 0.29) is 0 Å². The average molecular weight is 235 g/mol. The summed E-state index contributed by atoms with van der Waals surface area (Å²) >= 11 is 0. The minimum Gasteiger partial charge on any atom is -0.360 e. The first-order valence-electron chi connectivity index (χ1n) is 6.56. The van der Waals surface area contributed by atoms with Gasteiger partial charge in [-0.3, -0.25) is 0 Å². The van der Waals surface area contributed by atoms with Crippen molar-refractivity contribution in [2.45, 2.75) is 40.2 Å². The molecule has 1 aromatic heterocycles. The van der Waals surface area contributed by atoms with E-state index in [9.17, 15) is 0 Å². The lowest BCUT2D eigenvalue weighted by atomic mass is 10.2. The monoisotopic (exact) mass is 235 g/mol. The summed E-state index contributed by atoms with van der Waals surface area (Å²) in [4.78, 5) is 6.80. The van der Waals surface area contributed by atoms with Gasteiger partial charge in [0.25, 0.3) is 0 Å². The fraction of sp³-hybridized carbons (Fsp3) is 0.643. The maximum Gasteiger partial charge on any atom is 0.128 e. The quantitative estimate of drug-likeness (QED) is 0.737. The molecule has 0 radical (unpaired) electrons. The average Bonchev–Trinajstić information content (AvgIpc) is 2.29. The van der Waals surface area contributed by atoms with Crippen LogP contribution in [-0.2, 0) is 6.54 Å². The van der Waals surface area contributed by atoms with Crippen molar-refractivity contribution in [3.63, 3.8) is 0 Å². The molecule has 3 heteroatoms. The highest BCUT2D eigenvalue weighted by Crippen LogP contribution is 2.14. The Morgan fingerprint density at radius 2 is 2.00 bits per heavy atom. The van der Waals surface area contributed by atoms with Crippen LogP contribution in [0, 0.1) is 6.92 Å². The van der Waals surface area contributed by atoms with Crippen molar-refractivity contribution in [3.05, 3.63) is 23.4 Å². The molecule has 0 saturated heterocycles. The van der Waals surface area contributed by atoms with Gasteiger partial charge in [0.2, 0.25) is 0 Å². The lowest BCUT2D eigenvalue weighted by molar-refractivity contribution is 0.674. The predicted molar refractivity (Wildman–Crippen MR) is 74.5 cm³/mol. The number of nitrogens with zero attached hydrogens (tertiary/aromatic N) is 2. The van der Waals surface area contributed by atoms with Crippen LogP contribution in [0.1, 0.15) is 37.9 Å². The molecule has 0 aromatic carbocycles. The van der Waals surface area contributed by atoms with Crippen molar-refractivity contribution in [1.82, 2.24) is 10.3 Å². The van der Waals surface area contributed by atoms with E-state index < -0.39 is 0 Å². The van der Waals surface area contributed by atoms with Crippen LogP contribution < -0.4 is 10.2 Å². The lowest BCUT2D eigenvalue weighted by Crippen LogP contribution is -2.20. The van der Waals surface area contributed by atoms with Gasteiger partial charge in [-0.2, -0.15) is 0 Å². The van der Waals surface area contributed by atoms with Crippen molar-refractivity contribution in [2.24, 2.45) is 0 Å². The van der Waals surface area contributed by atoms with Gasteiger partial charge in [0.1, 0.15) is 5.82 Å². The number of aromatic nitrogens is 1. The smallest absolute Gasteiger partial charge is 0.128 e. The highest BCUT2D eigenvalue weighted by Gasteiger charge is 2.04. The summed E-state index contributed by atoms with van der Waals surface area (Å²) in [7, 11) is 2.11. The molecule has 0 fully saturated rings. The molecule has 96 valence electrons. The van der Waals surface area contributed by atoms with Crippen LogP contribution in [0.3, 0.4) is 0 Å². The summed E-state index contributed by atoms with van der Waals surface area (Å²) in [6, 6.07) is 4.34. The molecule has 1 aromatic rings. The minimum absolute atomic E-state index is 0.935. The fourth-order valence-electron chi connectivity index (χ4n) is 1.88. The Balaban J connectivity index is 2.71. The Morgan fingerprint density at radius 3 is 2.65 bits per heavy atom. The van der Waals surface area contributed by atoms with Gasteiger partial charge in [-0.25, -0.2) is 4.98 Å². The van der Waals surface area contributed by atoms with Crippen molar-refractivity contribution in [1.29, 1.82) is 0 Å².